The van der Waals surface area contributed by atoms with E-state index in [2.05, 4.69) is 10.6 Å². The highest BCUT2D eigenvalue weighted by Gasteiger charge is 2.19. The van der Waals surface area contributed by atoms with E-state index in [1.54, 1.807) is 0 Å². The Morgan fingerprint density at radius 1 is 1.19 bits per heavy atom. The molecule has 1 rings (SSSR count). The minimum absolute atomic E-state index is 0.0452. The lowest BCUT2D eigenvalue weighted by Crippen LogP contribution is -2.43. The highest BCUT2D eigenvalue weighted by atomic mass is 19.1. The van der Waals surface area contributed by atoms with Gasteiger partial charge in [0.05, 0.1) is 5.56 Å². The van der Waals surface area contributed by atoms with Gasteiger partial charge in [0, 0.05) is 26.1 Å². The Bertz CT molecular complexity index is 696. The monoisotopic (exact) mass is 371 g/mol. The molecule has 3 N–H and O–H groups in total. The lowest BCUT2D eigenvalue weighted by molar-refractivity contribution is -0.154. The van der Waals surface area contributed by atoms with Gasteiger partial charge in [0.1, 0.15) is 11.6 Å². The molecule has 1 aromatic carbocycles. The van der Waals surface area contributed by atoms with Crippen molar-refractivity contribution in [1.29, 1.82) is 0 Å². The fourth-order valence-corrected chi connectivity index (χ4v) is 1.79. The molecule has 0 heterocycles. The van der Waals surface area contributed by atoms with Crippen molar-refractivity contribution in [3.63, 3.8) is 0 Å². The van der Waals surface area contributed by atoms with Crippen molar-refractivity contribution in [1.82, 2.24) is 16.0 Å². The number of urea groups is 1. The van der Waals surface area contributed by atoms with Crippen LogP contribution in [-0.4, -0.2) is 43.5 Å². The van der Waals surface area contributed by atoms with Gasteiger partial charge in [-0.15, -0.1) is 0 Å². The average molecular weight is 371 g/mol. The van der Waals surface area contributed by atoms with E-state index in [1.165, 1.54) is 14.0 Å². The molecule has 1 unspecified atom stereocenters. The summed E-state index contributed by atoms with van der Waals surface area (Å²) >= 11 is 0. The molecule has 1 aromatic rings. The maximum Gasteiger partial charge on any atom is 0.321 e. The second-order valence-electron chi connectivity index (χ2n) is 5.18. The Kier molecular flexibility index (Phi) is 8.13. The number of carbonyl (C=O) groups excluding carboxylic acids is 4. The van der Waals surface area contributed by atoms with Crippen LogP contribution < -0.4 is 16.0 Å². The first kappa shape index (κ1) is 21.0. The number of benzene rings is 1. The zero-order valence-corrected chi connectivity index (χ0v) is 14.2. The molecule has 0 aliphatic carbocycles. The summed E-state index contributed by atoms with van der Waals surface area (Å²) in [5.41, 5.74) is -0.312. The highest BCUT2D eigenvalue weighted by molar-refractivity contribution is 5.97. The molecule has 8 nitrogen and oxygen atoms in total. The van der Waals surface area contributed by atoms with E-state index in [4.69, 9.17) is 4.74 Å². The van der Waals surface area contributed by atoms with E-state index >= 15 is 0 Å². The van der Waals surface area contributed by atoms with Crippen LogP contribution in [0.3, 0.4) is 0 Å². The van der Waals surface area contributed by atoms with Gasteiger partial charge in [-0.2, -0.15) is 0 Å². The summed E-state index contributed by atoms with van der Waals surface area (Å²) in [5.74, 6) is -4.01. The summed E-state index contributed by atoms with van der Waals surface area (Å²) in [6.07, 6.45) is -1.09. The second-order valence-corrected chi connectivity index (χ2v) is 5.18. The molecular weight excluding hydrogens is 352 g/mol. The predicted molar refractivity (Wildman–Crippen MR) is 86.1 cm³/mol. The third-order valence-electron chi connectivity index (χ3n) is 3.16. The average Bonchev–Trinajstić information content (AvgIpc) is 2.58. The summed E-state index contributed by atoms with van der Waals surface area (Å²) in [4.78, 5) is 45.8. The number of rotatable bonds is 7. The van der Waals surface area contributed by atoms with Crippen molar-refractivity contribution in [3.05, 3.63) is 35.4 Å². The van der Waals surface area contributed by atoms with Crippen LogP contribution in [0.4, 0.5) is 13.6 Å². The lowest BCUT2D eigenvalue weighted by atomic mass is 10.2. The molecule has 0 fully saturated rings. The Labute approximate surface area is 148 Å². The smallest absolute Gasteiger partial charge is 0.321 e. The molecule has 142 valence electrons. The standard InChI is InChI=1S/C16H19F2N3O5/c1-9(14(23)21-16(25)19-2)26-13(22)4-3-7-20-15(24)11-6-5-10(17)8-12(11)18/h5-6,8-9H,3-4,7H2,1-2H3,(H,20,24)(H2,19,21,23,25). The van der Waals surface area contributed by atoms with Crippen molar-refractivity contribution in [2.45, 2.75) is 25.9 Å². The van der Waals surface area contributed by atoms with Crippen LogP contribution in [-0.2, 0) is 14.3 Å². The second kappa shape index (κ2) is 10.1. The normalized spacial score (nSPS) is 11.2. The first-order valence-corrected chi connectivity index (χ1v) is 7.70. The van der Waals surface area contributed by atoms with E-state index in [0.29, 0.717) is 6.07 Å². The zero-order chi connectivity index (χ0) is 19.7. The lowest BCUT2D eigenvalue weighted by Gasteiger charge is -2.12. The van der Waals surface area contributed by atoms with Crippen LogP contribution in [0.1, 0.15) is 30.1 Å². The van der Waals surface area contributed by atoms with Gasteiger partial charge in [0.25, 0.3) is 11.8 Å². The van der Waals surface area contributed by atoms with Crippen LogP contribution in [0, 0.1) is 11.6 Å². The van der Waals surface area contributed by atoms with E-state index in [-0.39, 0.29) is 24.9 Å². The van der Waals surface area contributed by atoms with Gasteiger partial charge < -0.3 is 15.4 Å². The summed E-state index contributed by atoms with van der Waals surface area (Å²) in [6.45, 7) is 1.35. The van der Waals surface area contributed by atoms with Crippen LogP contribution >= 0.6 is 0 Å². The van der Waals surface area contributed by atoms with Gasteiger partial charge >= 0.3 is 12.0 Å². The molecule has 1 atom stereocenters. The number of ether oxygens (including phenoxy) is 1. The van der Waals surface area contributed by atoms with Crippen LogP contribution in [0.5, 0.6) is 0 Å². The number of halogens is 2. The molecule has 26 heavy (non-hydrogen) atoms. The maximum absolute atomic E-state index is 13.4. The molecular formula is C16H19F2N3O5. The number of hydrogen-bond acceptors (Lipinski definition) is 5. The Morgan fingerprint density at radius 2 is 1.88 bits per heavy atom. The summed E-state index contributed by atoms with van der Waals surface area (Å²) < 4.78 is 31.1. The van der Waals surface area contributed by atoms with E-state index < -0.39 is 41.6 Å². The van der Waals surface area contributed by atoms with E-state index in [0.717, 1.165) is 12.1 Å². The Morgan fingerprint density at radius 3 is 2.50 bits per heavy atom. The number of nitrogens with one attached hydrogen (secondary N) is 3. The minimum Gasteiger partial charge on any atom is -0.453 e. The number of hydrogen-bond donors (Lipinski definition) is 3. The molecule has 0 saturated heterocycles. The summed E-state index contributed by atoms with van der Waals surface area (Å²) in [6, 6.07) is 1.84. The zero-order valence-electron chi connectivity index (χ0n) is 14.2. The largest absolute Gasteiger partial charge is 0.453 e. The summed E-state index contributed by atoms with van der Waals surface area (Å²) in [5, 5.41) is 6.52. The molecule has 0 spiro atoms. The van der Waals surface area contributed by atoms with Gasteiger partial charge in [-0.3, -0.25) is 19.7 Å². The first-order valence-electron chi connectivity index (χ1n) is 7.70. The number of carbonyl (C=O) groups is 4. The fourth-order valence-electron chi connectivity index (χ4n) is 1.79. The molecule has 0 aliphatic rings. The molecule has 0 saturated carbocycles. The van der Waals surface area contributed by atoms with Crippen LogP contribution in [0.2, 0.25) is 0 Å². The highest BCUT2D eigenvalue weighted by Crippen LogP contribution is 2.09. The molecule has 0 radical (unpaired) electrons. The van der Waals surface area contributed by atoms with Crippen molar-refractivity contribution < 1.29 is 32.7 Å². The topological polar surface area (TPSA) is 114 Å². The molecule has 4 amide bonds. The van der Waals surface area contributed by atoms with Crippen molar-refractivity contribution in [2.75, 3.05) is 13.6 Å². The third kappa shape index (κ3) is 6.83. The molecule has 0 aromatic heterocycles. The minimum atomic E-state index is -1.16. The van der Waals surface area contributed by atoms with Crippen LogP contribution in [0.25, 0.3) is 0 Å². The van der Waals surface area contributed by atoms with E-state index in [1.807, 2.05) is 5.32 Å². The molecule has 10 heteroatoms. The van der Waals surface area contributed by atoms with Crippen LogP contribution in [0.15, 0.2) is 18.2 Å². The Balaban J connectivity index is 2.32. The first-order chi connectivity index (χ1) is 12.2. The Hall–Kier alpha value is -3.04. The van der Waals surface area contributed by atoms with Crippen molar-refractivity contribution in [3.8, 4) is 0 Å². The van der Waals surface area contributed by atoms with Gasteiger partial charge in [-0.1, -0.05) is 0 Å². The van der Waals surface area contributed by atoms with Gasteiger partial charge in [-0.25, -0.2) is 13.6 Å². The predicted octanol–water partition coefficient (Wildman–Crippen LogP) is 0.862. The van der Waals surface area contributed by atoms with E-state index in [9.17, 15) is 28.0 Å². The SMILES string of the molecule is CNC(=O)NC(=O)C(C)OC(=O)CCCNC(=O)c1ccc(F)cc1F. The van der Waals surface area contributed by atoms with Gasteiger partial charge in [0.2, 0.25) is 0 Å². The summed E-state index contributed by atoms with van der Waals surface area (Å²) in [7, 11) is 1.32. The number of imide groups is 1. The van der Waals surface area contributed by atoms with Gasteiger partial charge in [-0.05, 0) is 25.5 Å². The molecule has 0 aliphatic heterocycles. The molecule has 0 bridgehead atoms. The maximum atomic E-state index is 13.4. The van der Waals surface area contributed by atoms with Crippen molar-refractivity contribution >= 4 is 23.8 Å². The van der Waals surface area contributed by atoms with Gasteiger partial charge in [0.15, 0.2) is 6.10 Å². The third-order valence-corrected chi connectivity index (χ3v) is 3.16. The van der Waals surface area contributed by atoms with Crippen molar-refractivity contribution in [2.24, 2.45) is 0 Å². The number of esters is 1. The number of amides is 4. The quantitative estimate of drug-likeness (QED) is 0.486. The fraction of sp³-hybridized carbons (Fsp3) is 0.375.